The van der Waals surface area contributed by atoms with Crippen molar-refractivity contribution < 1.29 is 13.6 Å². The number of sulfonamides is 1. The summed E-state index contributed by atoms with van der Waals surface area (Å²) in [6.45, 7) is 0.356. The van der Waals surface area contributed by atoms with Gasteiger partial charge >= 0.3 is 0 Å². The summed E-state index contributed by atoms with van der Waals surface area (Å²) >= 11 is 0. The van der Waals surface area contributed by atoms with Crippen LogP contribution in [-0.4, -0.2) is 46.1 Å². The van der Waals surface area contributed by atoms with Gasteiger partial charge in [0.15, 0.2) is 10.9 Å². The number of nitrogens with two attached hydrogens (primary N) is 1. The molecule has 1 unspecified atom stereocenters. The van der Waals surface area contributed by atoms with Crippen molar-refractivity contribution in [3.8, 4) is 0 Å². The first-order valence-corrected chi connectivity index (χ1v) is 7.39. The highest BCUT2D eigenvalue weighted by molar-refractivity contribution is 7.89. The Hall–Kier alpha value is -1.61. The van der Waals surface area contributed by atoms with Crippen LogP contribution in [0.4, 0.5) is 0 Å². The van der Waals surface area contributed by atoms with Crippen LogP contribution in [0.25, 0.3) is 0 Å². The lowest BCUT2D eigenvalue weighted by atomic mass is 10.0. The maximum Gasteiger partial charge on any atom is 0.260 e. The van der Waals surface area contributed by atoms with Crippen LogP contribution in [0.2, 0.25) is 0 Å². The summed E-state index contributed by atoms with van der Waals surface area (Å²) in [5, 5.41) is 15.7. The van der Waals surface area contributed by atoms with E-state index in [9.17, 15) is 8.42 Å². The van der Waals surface area contributed by atoms with Crippen LogP contribution in [0.1, 0.15) is 19.3 Å². The third-order valence-corrected chi connectivity index (χ3v) is 5.24. The fraction of sp³-hybridized carbons (Fsp3) is 0.600. The van der Waals surface area contributed by atoms with Crippen molar-refractivity contribution in [1.29, 1.82) is 0 Å². The topological polar surface area (TPSA) is 114 Å². The standard InChI is InChI=1S/C10H17N5O3S/c1-14-9(5-6-12-14)19(17,18)15-7-3-2-4-8(15)10(11)13-16/h5-6,8,16H,2-4,7H2,1H3,(H2,11,13). The van der Waals surface area contributed by atoms with Crippen molar-refractivity contribution >= 4 is 15.9 Å². The van der Waals surface area contributed by atoms with Crippen LogP contribution in [0.5, 0.6) is 0 Å². The number of rotatable bonds is 3. The zero-order valence-electron chi connectivity index (χ0n) is 10.6. The van der Waals surface area contributed by atoms with Gasteiger partial charge in [-0.2, -0.15) is 9.40 Å². The number of aryl methyl sites for hydroxylation is 1. The first-order valence-electron chi connectivity index (χ1n) is 5.95. The quantitative estimate of drug-likeness (QED) is 0.343. The first-order chi connectivity index (χ1) is 8.98. The van der Waals surface area contributed by atoms with E-state index >= 15 is 0 Å². The molecular formula is C10H17N5O3S. The Balaban J connectivity index is 2.40. The van der Waals surface area contributed by atoms with Crippen LogP contribution in [0.15, 0.2) is 22.4 Å². The largest absolute Gasteiger partial charge is 0.409 e. The Morgan fingerprint density at radius 3 is 2.89 bits per heavy atom. The lowest BCUT2D eigenvalue weighted by molar-refractivity contribution is 0.280. The molecule has 0 bridgehead atoms. The second-order valence-corrected chi connectivity index (χ2v) is 6.28. The fourth-order valence-corrected chi connectivity index (χ4v) is 4.06. The predicted octanol–water partition coefficient (Wildman–Crippen LogP) is -0.290. The molecule has 1 aliphatic rings. The van der Waals surface area contributed by atoms with Gasteiger partial charge in [-0.3, -0.25) is 4.68 Å². The van der Waals surface area contributed by atoms with E-state index < -0.39 is 16.1 Å². The van der Waals surface area contributed by atoms with Crippen LogP contribution >= 0.6 is 0 Å². The summed E-state index contributed by atoms with van der Waals surface area (Å²) in [5.74, 6) is -0.0783. The van der Waals surface area contributed by atoms with Gasteiger partial charge in [0.2, 0.25) is 0 Å². The van der Waals surface area contributed by atoms with Crippen molar-refractivity contribution in [2.45, 2.75) is 30.3 Å². The maximum absolute atomic E-state index is 12.6. The summed E-state index contributed by atoms with van der Waals surface area (Å²) in [6.07, 6.45) is 3.58. The maximum atomic E-state index is 12.6. The smallest absolute Gasteiger partial charge is 0.260 e. The van der Waals surface area contributed by atoms with E-state index in [4.69, 9.17) is 10.9 Å². The van der Waals surface area contributed by atoms with E-state index in [0.717, 1.165) is 12.8 Å². The molecule has 8 nitrogen and oxygen atoms in total. The fourth-order valence-electron chi connectivity index (χ4n) is 2.29. The third kappa shape index (κ3) is 2.43. The SMILES string of the molecule is Cn1nccc1S(=O)(=O)N1CCCCC1/C(N)=N/O. The van der Waals surface area contributed by atoms with Gasteiger partial charge in [0.05, 0.1) is 12.2 Å². The molecule has 19 heavy (non-hydrogen) atoms. The molecule has 0 spiro atoms. The van der Waals surface area contributed by atoms with Gasteiger partial charge in [-0.05, 0) is 18.9 Å². The van der Waals surface area contributed by atoms with Gasteiger partial charge in [0, 0.05) is 13.6 Å². The molecule has 0 radical (unpaired) electrons. The molecule has 2 heterocycles. The molecule has 1 atom stereocenters. The second-order valence-electron chi connectivity index (χ2n) is 4.45. The zero-order valence-corrected chi connectivity index (χ0v) is 11.4. The van der Waals surface area contributed by atoms with Gasteiger partial charge in [-0.1, -0.05) is 11.6 Å². The number of aromatic nitrogens is 2. The molecule has 106 valence electrons. The molecule has 0 saturated carbocycles. The van der Waals surface area contributed by atoms with Gasteiger partial charge < -0.3 is 10.9 Å². The lowest BCUT2D eigenvalue weighted by Crippen LogP contribution is -2.50. The molecule has 9 heteroatoms. The molecule has 0 aromatic carbocycles. The normalized spacial score (nSPS) is 22.6. The number of piperidine rings is 1. The van der Waals surface area contributed by atoms with Gasteiger partial charge in [0.25, 0.3) is 10.0 Å². The summed E-state index contributed by atoms with van der Waals surface area (Å²) in [4.78, 5) is 0. The van der Waals surface area contributed by atoms with E-state index in [0.29, 0.717) is 13.0 Å². The number of hydrogen-bond donors (Lipinski definition) is 2. The minimum Gasteiger partial charge on any atom is -0.409 e. The van der Waals surface area contributed by atoms with Crippen LogP contribution in [0.3, 0.4) is 0 Å². The monoisotopic (exact) mass is 287 g/mol. The van der Waals surface area contributed by atoms with Crippen molar-refractivity contribution in [2.75, 3.05) is 6.54 Å². The van der Waals surface area contributed by atoms with Crippen molar-refractivity contribution in [3.05, 3.63) is 12.3 Å². The van der Waals surface area contributed by atoms with E-state index in [1.54, 1.807) is 7.05 Å². The highest BCUT2D eigenvalue weighted by atomic mass is 32.2. The minimum absolute atomic E-state index is 0.0783. The highest BCUT2D eigenvalue weighted by Crippen LogP contribution is 2.25. The molecule has 1 aromatic heterocycles. The van der Waals surface area contributed by atoms with Gasteiger partial charge in [0.1, 0.15) is 0 Å². The summed E-state index contributed by atoms with van der Waals surface area (Å²) in [7, 11) is -2.13. The van der Waals surface area contributed by atoms with Crippen molar-refractivity contribution in [3.63, 3.8) is 0 Å². The van der Waals surface area contributed by atoms with E-state index in [2.05, 4.69) is 10.3 Å². The molecule has 2 rings (SSSR count). The van der Waals surface area contributed by atoms with Crippen LogP contribution in [-0.2, 0) is 17.1 Å². The summed E-state index contributed by atoms with van der Waals surface area (Å²) in [6, 6.07) is 0.839. The molecule has 0 aliphatic carbocycles. The molecule has 1 aliphatic heterocycles. The van der Waals surface area contributed by atoms with Crippen LogP contribution in [0, 0.1) is 0 Å². The lowest BCUT2D eigenvalue weighted by Gasteiger charge is -2.33. The summed E-state index contributed by atoms with van der Waals surface area (Å²) in [5.41, 5.74) is 5.60. The average Bonchev–Trinajstić information content (AvgIpc) is 2.85. The Morgan fingerprint density at radius 1 is 1.58 bits per heavy atom. The first kappa shape index (κ1) is 13.8. The van der Waals surface area contributed by atoms with Crippen LogP contribution < -0.4 is 5.73 Å². The number of nitrogens with zero attached hydrogens (tertiary/aromatic N) is 4. The van der Waals surface area contributed by atoms with E-state index in [-0.39, 0.29) is 10.9 Å². The Kier molecular flexibility index (Phi) is 3.76. The van der Waals surface area contributed by atoms with E-state index in [1.807, 2.05) is 0 Å². The number of hydrogen-bond acceptors (Lipinski definition) is 5. The number of oxime groups is 1. The number of amidine groups is 1. The molecule has 1 aromatic rings. The molecular weight excluding hydrogens is 270 g/mol. The van der Waals surface area contributed by atoms with Crippen molar-refractivity contribution in [2.24, 2.45) is 17.9 Å². The van der Waals surface area contributed by atoms with Crippen molar-refractivity contribution in [1.82, 2.24) is 14.1 Å². The predicted molar refractivity (Wildman–Crippen MR) is 68.1 cm³/mol. The Labute approximate surface area is 111 Å². The molecule has 0 amide bonds. The zero-order chi connectivity index (χ0) is 14.0. The van der Waals surface area contributed by atoms with E-state index in [1.165, 1.54) is 21.3 Å². The van der Waals surface area contributed by atoms with Gasteiger partial charge in [-0.15, -0.1) is 0 Å². The third-order valence-electron chi connectivity index (χ3n) is 3.26. The molecule has 3 N–H and O–H groups in total. The molecule has 1 fully saturated rings. The summed E-state index contributed by atoms with van der Waals surface area (Å²) < 4.78 is 27.7. The second kappa shape index (κ2) is 5.17. The molecule has 1 saturated heterocycles. The Bertz CT molecular complexity index is 580. The average molecular weight is 287 g/mol. The highest BCUT2D eigenvalue weighted by Gasteiger charge is 2.37. The van der Waals surface area contributed by atoms with Gasteiger partial charge in [-0.25, -0.2) is 8.42 Å². The Morgan fingerprint density at radius 2 is 2.32 bits per heavy atom. The minimum atomic E-state index is -3.69.